The Hall–Kier alpha value is -4.19. The summed E-state index contributed by atoms with van der Waals surface area (Å²) in [6.07, 6.45) is 2.37. The molecule has 238 valence electrons. The number of aliphatic carboxylic acids is 1. The molecule has 3 rings (SSSR count). The Bertz CT molecular complexity index is 1500. The Morgan fingerprint density at radius 3 is 2.39 bits per heavy atom. The van der Waals surface area contributed by atoms with E-state index in [0.29, 0.717) is 18.3 Å². The lowest BCUT2D eigenvalue weighted by atomic mass is 10.0. The molecule has 1 aromatic heterocycles. The van der Waals surface area contributed by atoms with Crippen molar-refractivity contribution < 1.29 is 43.3 Å². The summed E-state index contributed by atoms with van der Waals surface area (Å²) in [6.45, 7) is 2.87. The van der Waals surface area contributed by atoms with Crippen LogP contribution >= 0.6 is 23.5 Å². The van der Waals surface area contributed by atoms with E-state index in [0.717, 1.165) is 39.5 Å². The Kier molecular flexibility index (Phi) is 12.1. The summed E-state index contributed by atoms with van der Waals surface area (Å²) in [4.78, 5) is 104. The maximum Gasteiger partial charge on any atom is 0.352 e. The summed E-state index contributed by atoms with van der Waals surface area (Å²) in [5, 5.41) is 11.6. The lowest BCUT2D eigenvalue weighted by Gasteiger charge is -2.52. The molecule has 1 fully saturated rings. The molecule has 2 N–H and O–H groups in total. The highest BCUT2D eigenvalue weighted by atomic mass is 32.2. The number of ether oxygens (including phenoxy) is 2. The highest BCUT2D eigenvalue weighted by Crippen LogP contribution is 2.44. The van der Waals surface area contributed by atoms with Crippen LogP contribution in [0.4, 0.5) is 0 Å². The van der Waals surface area contributed by atoms with Crippen molar-refractivity contribution >= 4 is 59.5 Å². The van der Waals surface area contributed by atoms with Gasteiger partial charge in [0.15, 0.2) is 10.7 Å². The van der Waals surface area contributed by atoms with Gasteiger partial charge < -0.3 is 24.3 Å². The van der Waals surface area contributed by atoms with Crippen molar-refractivity contribution in [3.8, 4) is 0 Å². The van der Waals surface area contributed by atoms with E-state index in [9.17, 15) is 43.5 Å². The second-order valence-electron chi connectivity index (χ2n) is 9.30. The Balaban J connectivity index is 1.96. The van der Waals surface area contributed by atoms with Crippen LogP contribution in [0.1, 0.15) is 39.5 Å². The van der Waals surface area contributed by atoms with E-state index in [1.165, 1.54) is 25.6 Å². The number of carboxylic acids is 1. The molecular weight excluding hydrogens is 622 g/mol. The number of aromatic amines is 1. The minimum atomic E-state index is -1.40. The molecule has 0 radical (unpaired) electrons. The van der Waals surface area contributed by atoms with Gasteiger partial charge in [-0.25, -0.2) is 14.4 Å². The van der Waals surface area contributed by atoms with E-state index in [4.69, 9.17) is 9.47 Å². The van der Waals surface area contributed by atoms with Crippen LogP contribution in [0.3, 0.4) is 0 Å². The van der Waals surface area contributed by atoms with Crippen LogP contribution in [0, 0.1) is 0 Å². The number of nitrogens with one attached hydrogen (secondary N) is 1. The van der Waals surface area contributed by atoms with Crippen molar-refractivity contribution in [2.75, 3.05) is 24.7 Å². The van der Waals surface area contributed by atoms with Crippen LogP contribution in [0.5, 0.6) is 0 Å². The molecular formula is C26H31N5O11S2. The van der Waals surface area contributed by atoms with Gasteiger partial charge in [0.1, 0.15) is 23.4 Å². The van der Waals surface area contributed by atoms with Gasteiger partial charge in [0.25, 0.3) is 5.91 Å². The molecule has 2 aliphatic rings. The maximum absolute atomic E-state index is 13.6. The molecule has 0 aliphatic carbocycles. The Labute approximate surface area is 258 Å². The van der Waals surface area contributed by atoms with Gasteiger partial charge in [-0.2, -0.15) is 4.98 Å². The fraction of sp³-hybridized carbons (Fsp3) is 0.500. The summed E-state index contributed by atoms with van der Waals surface area (Å²) in [5.74, 6) is -4.81. The number of carboxylic acid groups (broad SMARTS) is 1. The minimum Gasteiger partial charge on any atom is -0.477 e. The third kappa shape index (κ3) is 7.65. The number of nitrogens with zero attached hydrogens (tertiary/aromatic N) is 4. The zero-order chi connectivity index (χ0) is 32.6. The van der Waals surface area contributed by atoms with E-state index in [-0.39, 0.29) is 54.8 Å². The maximum atomic E-state index is 13.6. The number of carbonyl (C=O) groups excluding carboxylic acids is 5. The van der Waals surface area contributed by atoms with Crippen molar-refractivity contribution in [3.63, 3.8) is 0 Å². The number of fused-ring (bicyclic) bond motifs is 1. The third-order valence-electron chi connectivity index (χ3n) is 6.35. The molecule has 1 unspecified atom stereocenters. The Morgan fingerprint density at radius 2 is 1.80 bits per heavy atom. The standard InChI is InChI=1S/C26H31N5O11S2/c1-4-41-24(39)15(25(40)42-5-2)11-30(16(33)9-7-6-8-10-32)18-21(36)31-17(23(37)38)14(12-43-22(18)31)13-44-26-27-19(34)20(35)28-29(26)3/h10-11,18,22H,4-9,12-13H2,1-3H3,(H,28,35)(H,37,38)/t18?,22-/m0/s1. The number of aromatic nitrogens is 3. The smallest absolute Gasteiger partial charge is 0.352 e. The largest absolute Gasteiger partial charge is 0.477 e. The summed E-state index contributed by atoms with van der Waals surface area (Å²) in [6, 6.07) is -1.26. The Morgan fingerprint density at radius 1 is 1.14 bits per heavy atom. The number of hydrogen-bond donors (Lipinski definition) is 2. The molecule has 3 heterocycles. The quantitative estimate of drug-likeness (QED) is 0.0288. The normalized spacial score (nSPS) is 17.2. The van der Waals surface area contributed by atoms with Crippen LogP contribution < -0.4 is 11.1 Å². The van der Waals surface area contributed by atoms with Gasteiger partial charge in [-0.1, -0.05) is 11.8 Å². The van der Waals surface area contributed by atoms with Gasteiger partial charge in [-0.05, 0) is 32.3 Å². The molecule has 1 saturated heterocycles. The molecule has 0 spiro atoms. The number of aryl methyl sites for hydroxylation is 1. The average Bonchev–Trinajstić information content (AvgIpc) is 2.97. The summed E-state index contributed by atoms with van der Waals surface area (Å²) >= 11 is 2.15. The predicted octanol–water partition coefficient (Wildman–Crippen LogP) is -0.219. The monoisotopic (exact) mass is 653 g/mol. The first-order valence-corrected chi connectivity index (χ1v) is 15.5. The van der Waals surface area contributed by atoms with E-state index in [1.807, 2.05) is 0 Å². The van der Waals surface area contributed by atoms with Crippen LogP contribution in [-0.2, 0) is 45.3 Å². The molecule has 0 saturated carbocycles. The molecule has 0 aromatic carbocycles. The first-order chi connectivity index (χ1) is 21.0. The van der Waals surface area contributed by atoms with Gasteiger partial charge >= 0.3 is 29.0 Å². The molecule has 18 heteroatoms. The summed E-state index contributed by atoms with van der Waals surface area (Å²) in [7, 11) is 1.46. The van der Waals surface area contributed by atoms with Crippen LogP contribution in [0.15, 0.2) is 37.8 Å². The average molecular weight is 654 g/mol. The SMILES string of the molecule is CCOC(=O)C(=CN(C(=O)CCCCC=O)C1C(=O)N2C(C(=O)O)=C(CSc3nc(=O)c(=O)[nH]n3C)CS[C@@H]12)C(=O)OCC. The van der Waals surface area contributed by atoms with Gasteiger partial charge in [0.2, 0.25) is 5.91 Å². The highest BCUT2D eigenvalue weighted by molar-refractivity contribution is 8.01. The number of rotatable bonds is 15. The first kappa shape index (κ1) is 34.3. The number of thioether (sulfide) groups is 2. The number of amides is 2. The zero-order valence-corrected chi connectivity index (χ0v) is 25.7. The fourth-order valence-corrected chi connectivity index (χ4v) is 6.78. The van der Waals surface area contributed by atoms with E-state index in [2.05, 4.69) is 10.1 Å². The van der Waals surface area contributed by atoms with Crippen LogP contribution in [0.2, 0.25) is 0 Å². The van der Waals surface area contributed by atoms with Crippen molar-refractivity contribution in [1.29, 1.82) is 0 Å². The molecule has 2 amide bonds. The lowest BCUT2D eigenvalue weighted by Crippen LogP contribution is -2.70. The third-order valence-corrected chi connectivity index (χ3v) is 8.80. The second-order valence-corrected chi connectivity index (χ2v) is 11.3. The van der Waals surface area contributed by atoms with Gasteiger partial charge in [0, 0.05) is 37.6 Å². The van der Waals surface area contributed by atoms with Crippen molar-refractivity contribution in [2.45, 2.75) is 56.1 Å². The number of unbranched alkanes of at least 4 members (excludes halogenated alkanes) is 2. The molecule has 1 aromatic rings. The lowest BCUT2D eigenvalue weighted by molar-refractivity contribution is -0.157. The minimum absolute atomic E-state index is 0.0112. The number of esters is 2. The van der Waals surface area contributed by atoms with E-state index < -0.39 is 57.8 Å². The van der Waals surface area contributed by atoms with E-state index in [1.54, 1.807) is 0 Å². The van der Waals surface area contributed by atoms with Gasteiger partial charge in [-0.3, -0.25) is 33.9 Å². The van der Waals surface area contributed by atoms with Gasteiger partial charge in [0.05, 0.1) is 13.2 Å². The van der Waals surface area contributed by atoms with Crippen molar-refractivity contribution in [3.05, 3.63) is 43.8 Å². The molecule has 16 nitrogen and oxygen atoms in total. The number of aldehydes is 1. The number of carbonyl (C=O) groups is 6. The van der Waals surface area contributed by atoms with Crippen molar-refractivity contribution in [2.24, 2.45) is 7.05 Å². The fourth-order valence-electron chi connectivity index (χ4n) is 4.32. The number of hydrogen-bond acceptors (Lipinski definition) is 13. The summed E-state index contributed by atoms with van der Waals surface area (Å²) < 4.78 is 11.1. The molecule has 0 bridgehead atoms. The first-order valence-electron chi connectivity index (χ1n) is 13.5. The van der Waals surface area contributed by atoms with Crippen molar-refractivity contribution in [1.82, 2.24) is 24.6 Å². The molecule has 2 aliphatic heterocycles. The number of H-pyrrole nitrogens is 1. The molecule has 44 heavy (non-hydrogen) atoms. The number of β-lactam (4-membered cyclic amide) rings is 1. The highest BCUT2D eigenvalue weighted by Gasteiger charge is 2.56. The zero-order valence-electron chi connectivity index (χ0n) is 24.1. The van der Waals surface area contributed by atoms with Crippen LogP contribution in [-0.4, -0.2) is 102 Å². The van der Waals surface area contributed by atoms with Gasteiger partial charge in [-0.15, -0.1) is 11.8 Å². The molecule has 2 atom stereocenters. The van der Waals surface area contributed by atoms with Crippen LogP contribution in [0.25, 0.3) is 0 Å². The second kappa shape index (κ2) is 15.5. The van der Waals surface area contributed by atoms with E-state index >= 15 is 0 Å². The topological polar surface area (TPSA) is 215 Å². The predicted molar refractivity (Wildman–Crippen MR) is 155 cm³/mol. The summed E-state index contributed by atoms with van der Waals surface area (Å²) in [5.41, 5.74) is -2.52.